The highest BCUT2D eigenvalue weighted by Gasteiger charge is 2.14. The molecule has 1 amide bonds. The number of nitrogens with two attached hydrogens (primary N) is 1. The van der Waals surface area contributed by atoms with Crippen molar-refractivity contribution in [3.8, 4) is 0 Å². The maximum Gasteiger partial charge on any atom is 0.224 e. The Morgan fingerprint density at radius 1 is 1.75 bits per heavy atom. The lowest BCUT2D eigenvalue weighted by Gasteiger charge is -2.21. The second-order valence-corrected chi connectivity index (χ2v) is 4.86. The summed E-state index contributed by atoms with van der Waals surface area (Å²) in [6, 6.07) is 3.92. The summed E-state index contributed by atoms with van der Waals surface area (Å²) in [5.74, 6) is 0.0864. The van der Waals surface area contributed by atoms with Gasteiger partial charge in [0.15, 0.2) is 0 Å². The van der Waals surface area contributed by atoms with E-state index in [0.717, 1.165) is 0 Å². The Hall–Kier alpha value is -1.13. The Kier molecular flexibility index (Phi) is 5.22. The van der Waals surface area contributed by atoms with E-state index in [1.54, 1.807) is 22.3 Å². The second-order valence-electron chi connectivity index (χ2n) is 3.82. The molecular weight excluding hydrogens is 220 g/mol. The molecule has 1 heterocycles. The molecule has 0 saturated carbocycles. The van der Waals surface area contributed by atoms with Crippen LogP contribution in [0.3, 0.4) is 0 Å². The first-order valence-corrected chi connectivity index (χ1v) is 6.18. The quantitative estimate of drug-likeness (QED) is 0.770. The molecule has 1 aromatic rings. The lowest BCUT2D eigenvalue weighted by atomic mass is 10.2. The molecule has 0 aromatic carbocycles. The summed E-state index contributed by atoms with van der Waals surface area (Å²) in [6.07, 6.45) is 2.13. The summed E-state index contributed by atoms with van der Waals surface area (Å²) in [4.78, 5) is 14.8. The van der Waals surface area contributed by atoms with Gasteiger partial charge in [-0.15, -0.1) is 17.9 Å². The van der Waals surface area contributed by atoms with E-state index in [-0.39, 0.29) is 11.9 Å². The summed E-state index contributed by atoms with van der Waals surface area (Å²) in [5, 5.41) is 2.01. The van der Waals surface area contributed by atoms with Gasteiger partial charge in [-0.3, -0.25) is 4.79 Å². The average Bonchev–Trinajstić information content (AvgIpc) is 2.68. The summed E-state index contributed by atoms with van der Waals surface area (Å²) >= 11 is 1.65. The number of carbonyl (C=O) groups is 1. The van der Waals surface area contributed by atoms with Crippen molar-refractivity contribution in [3.63, 3.8) is 0 Å². The molecule has 0 bridgehead atoms. The molecule has 0 fully saturated rings. The van der Waals surface area contributed by atoms with Crippen molar-refractivity contribution >= 4 is 17.2 Å². The van der Waals surface area contributed by atoms with Crippen LogP contribution in [0.2, 0.25) is 0 Å². The summed E-state index contributed by atoms with van der Waals surface area (Å²) in [7, 11) is 0. The topological polar surface area (TPSA) is 46.3 Å². The highest BCUT2D eigenvalue weighted by atomic mass is 32.1. The molecule has 16 heavy (non-hydrogen) atoms. The third-order valence-corrected chi connectivity index (χ3v) is 2.99. The molecule has 88 valence electrons. The van der Waals surface area contributed by atoms with Crippen LogP contribution in [0.1, 0.15) is 18.2 Å². The van der Waals surface area contributed by atoms with Gasteiger partial charge in [0.1, 0.15) is 0 Å². The molecule has 0 aliphatic heterocycles. The Morgan fingerprint density at radius 2 is 2.50 bits per heavy atom. The van der Waals surface area contributed by atoms with Gasteiger partial charge in [-0.05, 0) is 18.4 Å². The van der Waals surface area contributed by atoms with Crippen molar-refractivity contribution < 1.29 is 4.79 Å². The third kappa shape index (κ3) is 4.16. The molecule has 0 spiro atoms. The molecule has 1 unspecified atom stereocenters. The molecule has 2 N–H and O–H groups in total. The number of hydrogen-bond acceptors (Lipinski definition) is 3. The van der Waals surface area contributed by atoms with E-state index in [0.29, 0.717) is 19.5 Å². The largest absolute Gasteiger partial charge is 0.334 e. The number of rotatable bonds is 6. The minimum atomic E-state index is -0.0943. The average molecular weight is 238 g/mol. The van der Waals surface area contributed by atoms with Gasteiger partial charge >= 0.3 is 0 Å². The number of amides is 1. The van der Waals surface area contributed by atoms with Crippen molar-refractivity contribution in [2.24, 2.45) is 5.73 Å². The van der Waals surface area contributed by atoms with Crippen LogP contribution >= 0.6 is 11.3 Å². The summed E-state index contributed by atoms with van der Waals surface area (Å²) in [5.41, 5.74) is 5.63. The lowest BCUT2D eigenvalue weighted by molar-refractivity contribution is -0.131. The fourth-order valence-corrected chi connectivity index (χ4v) is 2.13. The highest BCUT2D eigenvalue weighted by molar-refractivity contribution is 7.09. The first-order valence-electron chi connectivity index (χ1n) is 5.30. The van der Waals surface area contributed by atoms with Gasteiger partial charge in [-0.25, -0.2) is 0 Å². The zero-order chi connectivity index (χ0) is 12.0. The minimum absolute atomic E-state index is 0.0864. The normalized spacial score (nSPS) is 12.1. The highest BCUT2D eigenvalue weighted by Crippen LogP contribution is 2.12. The Bertz CT molecular complexity index is 333. The Morgan fingerprint density at radius 3 is 3.00 bits per heavy atom. The fourth-order valence-electron chi connectivity index (χ4n) is 1.41. The van der Waals surface area contributed by atoms with Gasteiger partial charge in [0.2, 0.25) is 5.91 Å². The van der Waals surface area contributed by atoms with Gasteiger partial charge in [0, 0.05) is 23.9 Å². The fraction of sp³-hybridized carbons (Fsp3) is 0.417. The maximum atomic E-state index is 11.9. The van der Waals surface area contributed by atoms with Crippen LogP contribution in [0, 0.1) is 0 Å². The van der Waals surface area contributed by atoms with Gasteiger partial charge in [0.25, 0.3) is 0 Å². The van der Waals surface area contributed by atoms with E-state index in [2.05, 4.69) is 6.58 Å². The van der Waals surface area contributed by atoms with Crippen molar-refractivity contribution in [2.75, 3.05) is 6.54 Å². The molecule has 4 heteroatoms. The standard InChI is InChI=1S/C12H18N2OS/c1-3-6-14(12(15)8-10(2)13)9-11-5-4-7-16-11/h3-5,7,10H,1,6,8-9,13H2,2H3. The Labute approximate surface area is 101 Å². The van der Waals surface area contributed by atoms with Crippen LogP contribution in [0.15, 0.2) is 30.2 Å². The lowest BCUT2D eigenvalue weighted by Crippen LogP contribution is -2.34. The van der Waals surface area contributed by atoms with E-state index in [4.69, 9.17) is 5.73 Å². The van der Waals surface area contributed by atoms with Crippen molar-refractivity contribution in [1.82, 2.24) is 4.90 Å². The number of nitrogens with zero attached hydrogens (tertiary/aromatic N) is 1. The molecule has 1 rings (SSSR count). The monoisotopic (exact) mass is 238 g/mol. The number of carbonyl (C=O) groups excluding carboxylic acids is 1. The van der Waals surface area contributed by atoms with E-state index in [9.17, 15) is 4.79 Å². The SMILES string of the molecule is C=CCN(Cc1cccs1)C(=O)CC(C)N. The molecule has 1 aromatic heterocycles. The second kappa shape index (κ2) is 6.45. The van der Waals surface area contributed by atoms with E-state index in [1.165, 1.54) is 4.88 Å². The van der Waals surface area contributed by atoms with E-state index < -0.39 is 0 Å². The number of thiophene rings is 1. The maximum absolute atomic E-state index is 11.9. The van der Waals surface area contributed by atoms with E-state index in [1.807, 2.05) is 24.4 Å². The summed E-state index contributed by atoms with van der Waals surface area (Å²) in [6.45, 7) is 6.73. The van der Waals surface area contributed by atoms with Crippen LogP contribution in [0.25, 0.3) is 0 Å². The Balaban J connectivity index is 2.59. The van der Waals surface area contributed by atoms with Crippen LogP contribution in [0.4, 0.5) is 0 Å². The molecule has 0 saturated heterocycles. The van der Waals surface area contributed by atoms with Gasteiger partial charge in [-0.1, -0.05) is 12.1 Å². The molecule has 0 radical (unpaired) electrons. The van der Waals surface area contributed by atoms with Crippen molar-refractivity contribution in [1.29, 1.82) is 0 Å². The first-order chi connectivity index (χ1) is 7.63. The minimum Gasteiger partial charge on any atom is -0.334 e. The van der Waals surface area contributed by atoms with Crippen molar-refractivity contribution in [3.05, 3.63) is 35.0 Å². The molecule has 0 aliphatic carbocycles. The van der Waals surface area contributed by atoms with Crippen LogP contribution < -0.4 is 5.73 Å². The molecule has 1 atom stereocenters. The van der Waals surface area contributed by atoms with Gasteiger partial charge in [-0.2, -0.15) is 0 Å². The molecular formula is C12H18N2OS. The van der Waals surface area contributed by atoms with Gasteiger partial charge in [0.05, 0.1) is 6.54 Å². The zero-order valence-corrected chi connectivity index (χ0v) is 10.4. The smallest absolute Gasteiger partial charge is 0.224 e. The zero-order valence-electron chi connectivity index (χ0n) is 9.56. The van der Waals surface area contributed by atoms with Crippen LogP contribution in [0.5, 0.6) is 0 Å². The molecule has 3 nitrogen and oxygen atoms in total. The number of hydrogen-bond donors (Lipinski definition) is 1. The predicted octanol–water partition coefficient (Wildman–Crippen LogP) is 2.00. The van der Waals surface area contributed by atoms with Crippen LogP contribution in [-0.2, 0) is 11.3 Å². The molecule has 0 aliphatic rings. The van der Waals surface area contributed by atoms with Crippen molar-refractivity contribution in [2.45, 2.75) is 25.9 Å². The third-order valence-electron chi connectivity index (χ3n) is 2.13. The predicted molar refractivity (Wildman–Crippen MR) is 68.2 cm³/mol. The van der Waals surface area contributed by atoms with E-state index >= 15 is 0 Å². The van der Waals surface area contributed by atoms with Crippen LogP contribution in [-0.4, -0.2) is 23.4 Å². The summed E-state index contributed by atoms with van der Waals surface area (Å²) < 4.78 is 0. The van der Waals surface area contributed by atoms with Gasteiger partial charge < -0.3 is 10.6 Å². The first kappa shape index (κ1) is 12.9.